The van der Waals surface area contributed by atoms with E-state index in [4.69, 9.17) is 5.11 Å². The van der Waals surface area contributed by atoms with Gasteiger partial charge in [0, 0.05) is 0 Å². The van der Waals surface area contributed by atoms with Crippen LogP contribution in [0.5, 0.6) is 0 Å². The van der Waals surface area contributed by atoms with Gasteiger partial charge in [0.05, 0.1) is 6.10 Å². The molecule has 1 N–H and O–H groups in total. The van der Waals surface area contributed by atoms with Crippen molar-refractivity contribution in [2.45, 2.75) is 19.4 Å². The van der Waals surface area contributed by atoms with E-state index >= 15 is 0 Å². The van der Waals surface area contributed by atoms with Crippen LogP contribution in [0.1, 0.15) is 13.3 Å². The number of rotatable bonds is 3. The van der Waals surface area contributed by atoms with E-state index in [0.29, 0.717) is 6.42 Å². The van der Waals surface area contributed by atoms with Crippen LogP contribution in [-0.4, -0.2) is 11.2 Å². The Hall–Kier alpha value is -0.300. The number of hydrogen-bond acceptors (Lipinski definition) is 1. The van der Waals surface area contributed by atoms with E-state index in [1.54, 1.807) is 13.0 Å². The molecular formula is C6H11O. The van der Waals surface area contributed by atoms with E-state index in [0.717, 1.165) is 0 Å². The molecular weight excluding hydrogens is 88.1 g/mol. The average Bonchev–Trinajstić information content (AvgIpc) is 1.61. The Morgan fingerprint density at radius 1 is 1.86 bits per heavy atom. The first-order valence-electron chi connectivity index (χ1n) is 2.39. The molecule has 0 aliphatic heterocycles. The second-order valence-electron chi connectivity index (χ2n) is 1.56. The third-order valence-electron chi connectivity index (χ3n) is 0.644. The van der Waals surface area contributed by atoms with E-state index in [2.05, 4.69) is 6.58 Å². The fraction of sp³-hybridized carbons (Fsp3) is 0.500. The molecule has 0 heterocycles. The van der Waals surface area contributed by atoms with Crippen LogP contribution in [0.4, 0.5) is 0 Å². The van der Waals surface area contributed by atoms with Gasteiger partial charge >= 0.3 is 0 Å². The Morgan fingerprint density at radius 3 is 2.57 bits per heavy atom. The lowest BCUT2D eigenvalue weighted by atomic mass is 10.2. The van der Waals surface area contributed by atoms with Crippen molar-refractivity contribution in [3.8, 4) is 0 Å². The number of aliphatic hydroxyl groups is 1. The van der Waals surface area contributed by atoms with Gasteiger partial charge in [0.1, 0.15) is 0 Å². The summed E-state index contributed by atoms with van der Waals surface area (Å²) < 4.78 is 0. The van der Waals surface area contributed by atoms with E-state index in [9.17, 15) is 0 Å². The SMILES string of the molecule is C=C[CH]CC(C)O. The summed E-state index contributed by atoms with van der Waals surface area (Å²) in [6, 6.07) is 0. The molecule has 1 heteroatoms. The molecule has 1 unspecified atom stereocenters. The first kappa shape index (κ1) is 6.70. The summed E-state index contributed by atoms with van der Waals surface area (Å²) in [7, 11) is 0. The number of hydrogen-bond donors (Lipinski definition) is 1. The van der Waals surface area contributed by atoms with Gasteiger partial charge in [0.15, 0.2) is 0 Å². The quantitative estimate of drug-likeness (QED) is 0.562. The predicted molar refractivity (Wildman–Crippen MR) is 30.8 cm³/mol. The lowest BCUT2D eigenvalue weighted by Crippen LogP contribution is -1.96. The molecule has 1 radical (unpaired) electrons. The predicted octanol–water partition coefficient (Wildman–Crippen LogP) is 1.15. The summed E-state index contributed by atoms with van der Waals surface area (Å²) in [6.07, 6.45) is 4.01. The summed E-state index contributed by atoms with van der Waals surface area (Å²) in [5.74, 6) is 0. The summed E-state index contributed by atoms with van der Waals surface area (Å²) in [5, 5.41) is 8.60. The minimum Gasteiger partial charge on any atom is -0.393 e. The fourth-order valence-electron chi connectivity index (χ4n) is 0.293. The van der Waals surface area contributed by atoms with Gasteiger partial charge in [-0.3, -0.25) is 0 Å². The summed E-state index contributed by atoms with van der Waals surface area (Å²) >= 11 is 0. The highest BCUT2D eigenvalue weighted by Crippen LogP contribution is 1.92. The maximum atomic E-state index is 8.60. The van der Waals surface area contributed by atoms with Crippen molar-refractivity contribution in [2.75, 3.05) is 0 Å². The van der Waals surface area contributed by atoms with Gasteiger partial charge in [-0.1, -0.05) is 6.08 Å². The fourth-order valence-corrected chi connectivity index (χ4v) is 0.293. The Labute approximate surface area is 44.7 Å². The van der Waals surface area contributed by atoms with Crippen LogP contribution in [0.25, 0.3) is 0 Å². The smallest absolute Gasteiger partial charge is 0.0517 e. The normalized spacial score (nSPS) is 13.4. The van der Waals surface area contributed by atoms with Crippen LogP contribution in [0.3, 0.4) is 0 Å². The van der Waals surface area contributed by atoms with Gasteiger partial charge in [0.2, 0.25) is 0 Å². The van der Waals surface area contributed by atoms with Crippen LogP contribution in [0.2, 0.25) is 0 Å². The van der Waals surface area contributed by atoms with Crippen molar-refractivity contribution in [2.24, 2.45) is 0 Å². The van der Waals surface area contributed by atoms with Crippen LogP contribution >= 0.6 is 0 Å². The Bertz CT molecular complexity index is 48.1. The van der Waals surface area contributed by atoms with Crippen molar-refractivity contribution < 1.29 is 5.11 Å². The molecule has 1 nitrogen and oxygen atoms in total. The maximum Gasteiger partial charge on any atom is 0.0517 e. The first-order valence-corrected chi connectivity index (χ1v) is 2.39. The molecule has 7 heavy (non-hydrogen) atoms. The van der Waals surface area contributed by atoms with Gasteiger partial charge in [-0.25, -0.2) is 0 Å². The molecule has 0 rings (SSSR count). The molecule has 41 valence electrons. The molecule has 0 aliphatic carbocycles. The second kappa shape index (κ2) is 3.88. The Morgan fingerprint density at radius 2 is 2.43 bits per heavy atom. The number of aliphatic hydroxyl groups excluding tert-OH is 1. The van der Waals surface area contributed by atoms with Gasteiger partial charge in [-0.05, 0) is 19.8 Å². The van der Waals surface area contributed by atoms with Gasteiger partial charge in [-0.2, -0.15) is 0 Å². The molecule has 0 aromatic heterocycles. The average molecular weight is 99.2 g/mol. The molecule has 0 aromatic carbocycles. The second-order valence-corrected chi connectivity index (χ2v) is 1.56. The van der Waals surface area contributed by atoms with Crippen LogP contribution < -0.4 is 0 Å². The molecule has 0 bridgehead atoms. The largest absolute Gasteiger partial charge is 0.393 e. The summed E-state index contributed by atoms with van der Waals surface area (Å²) in [5.41, 5.74) is 0. The molecule has 0 spiro atoms. The third kappa shape index (κ3) is 5.70. The first-order chi connectivity index (χ1) is 3.27. The Balaban J connectivity index is 2.81. The molecule has 0 aliphatic rings. The van der Waals surface area contributed by atoms with Crippen molar-refractivity contribution in [1.82, 2.24) is 0 Å². The van der Waals surface area contributed by atoms with Crippen molar-refractivity contribution in [3.05, 3.63) is 19.1 Å². The molecule has 0 amide bonds. The van der Waals surface area contributed by atoms with Crippen LogP contribution in [-0.2, 0) is 0 Å². The zero-order valence-corrected chi connectivity index (χ0v) is 4.59. The highest BCUT2D eigenvalue weighted by molar-refractivity contribution is 4.86. The van der Waals surface area contributed by atoms with Gasteiger partial charge < -0.3 is 5.11 Å². The van der Waals surface area contributed by atoms with E-state index < -0.39 is 0 Å². The zero-order chi connectivity index (χ0) is 5.70. The van der Waals surface area contributed by atoms with Crippen molar-refractivity contribution in [1.29, 1.82) is 0 Å². The zero-order valence-electron chi connectivity index (χ0n) is 4.59. The highest BCUT2D eigenvalue weighted by Gasteiger charge is 1.89. The lowest BCUT2D eigenvalue weighted by Gasteiger charge is -1.96. The molecule has 0 fully saturated rings. The van der Waals surface area contributed by atoms with Gasteiger partial charge in [-0.15, -0.1) is 6.58 Å². The Kier molecular flexibility index (Phi) is 3.71. The minimum atomic E-state index is -0.224. The molecule has 0 saturated carbocycles. The molecule has 1 atom stereocenters. The molecule has 0 aromatic rings. The van der Waals surface area contributed by atoms with Crippen molar-refractivity contribution in [3.63, 3.8) is 0 Å². The monoisotopic (exact) mass is 99.1 g/mol. The summed E-state index contributed by atoms with van der Waals surface area (Å²) in [4.78, 5) is 0. The van der Waals surface area contributed by atoms with E-state index in [1.165, 1.54) is 0 Å². The third-order valence-corrected chi connectivity index (χ3v) is 0.644. The van der Waals surface area contributed by atoms with Crippen LogP contribution in [0.15, 0.2) is 12.7 Å². The number of allylic oxidation sites excluding steroid dienone is 1. The van der Waals surface area contributed by atoms with E-state index in [-0.39, 0.29) is 6.10 Å². The minimum absolute atomic E-state index is 0.224. The van der Waals surface area contributed by atoms with E-state index in [1.807, 2.05) is 6.42 Å². The van der Waals surface area contributed by atoms with Crippen molar-refractivity contribution >= 4 is 0 Å². The molecule has 0 saturated heterocycles. The summed E-state index contributed by atoms with van der Waals surface area (Å²) in [6.45, 7) is 5.22. The standard InChI is InChI=1S/C6H11O/c1-3-4-5-6(2)7/h3-4,6-7H,1,5H2,2H3. The van der Waals surface area contributed by atoms with Crippen LogP contribution in [0, 0.1) is 6.42 Å². The topological polar surface area (TPSA) is 20.2 Å². The maximum absolute atomic E-state index is 8.60. The highest BCUT2D eigenvalue weighted by atomic mass is 16.3. The van der Waals surface area contributed by atoms with Gasteiger partial charge in [0.25, 0.3) is 0 Å². The lowest BCUT2D eigenvalue weighted by molar-refractivity contribution is 0.195.